The van der Waals surface area contributed by atoms with Crippen molar-refractivity contribution in [2.75, 3.05) is 13.2 Å². The molecule has 1 atom stereocenters. The van der Waals surface area contributed by atoms with E-state index in [2.05, 4.69) is 22.2 Å². The molecule has 1 fully saturated rings. The Kier molecular flexibility index (Phi) is 3.54. The first-order chi connectivity index (χ1) is 9.66. The standard InChI is InChI=1S/C15H19N3O2/c1-15(7-4-8-20-10-15)16-9-13-17-12-6-3-2-5-11(12)14(19)18-13/h2-3,5-6,16H,4,7-10H2,1H3,(H,17,18,19). The summed E-state index contributed by atoms with van der Waals surface area (Å²) >= 11 is 0. The van der Waals surface area contributed by atoms with Crippen LogP contribution in [0.4, 0.5) is 0 Å². The Morgan fingerprint density at radius 3 is 3.10 bits per heavy atom. The van der Waals surface area contributed by atoms with Crippen molar-refractivity contribution in [1.82, 2.24) is 15.3 Å². The lowest BCUT2D eigenvalue weighted by molar-refractivity contribution is 0.0275. The molecule has 1 saturated heterocycles. The van der Waals surface area contributed by atoms with Crippen molar-refractivity contribution in [2.45, 2.75) is 31.8 Å². The van der Waals surface area contributed by atoms with Crippen molar-refractivity contribution >= 4 is 10.9 Å². The zero-order valence-corrected chi connectivity index (χ0v) is 11.6. The summed E-state index contributed by atoms with van der Waals surface area (Å²) in [4.78, 5) is 19.3. The number of fused-ring (bicyclic) bond motifs is 1. The molecule has 2 N–H and O–H groups in total. The molecule has 0 saturated carbocycles. The third-order valence-electron chi connectivity index (χ3n) is 3.78. The van der Waals surface area contributed by atoms with Gasteiger partial charge < -0.3 is 15.0 Å². The number of nitrogens with zero attached hydrogens (tertiary/aromatic N) is 1. The number of hydrogen-bond acceptors (Lipinski definition) is 4. The van der Waals surface area contributed by atoms with Crippen LogP contribution >= 0.6 is 0 Å². The number of ether oxygens (including phenoxy) is 1. The van der Waals surface area contributed by atoms with E-state index in [1.807, 2.05) is 18.2 Å². The molecule has 0 spiro atoms. The van der Waals surface area contributed by atoms with Gasteiger partial charge in [0.15, 0.2) is 0 Å². The highest BCUT2D eigenvalue weighted by Crippen LogP contribution is 2.18. The van der Waals surface area contributed by atoms with Crippen LogP contribution in [0.25, 0.3) is 10.9 Å². The van der Waals surface area contributed by atoms with E-state index in [1.165, 1.54) is 0 Å². The normalized spacial score (nSPS) is 23.1. The molecule has 0 aliphatic carbocycles. The first kappa shape index (κ1) is 13.3. The highest BCUT2D eigenvalue weighted by atomic mass is 16.5. The predicted octanol–water partition coefficient (Wildman–Crippen LogP) is 1.58. The summed E-state index contributed by atoms with van der Waals surface area (Å²) in [5.74, 6) is 0.667. The monoisotopic (exact) mass is 273 g/mol. The lowest BCUT2D eigenvalue weighted by Gasteiger charge is -2.34. The topological polar surface area (TPSA) is 67.0 Å². The van der Waals surface area contributed by atoms with Gasteiger partial charge in [0.25, 0.3) is 5.56 Å². The number of hydrogen-bond donors (Lipinski definition) is 2. The molecule has 0 bridgehead atoms. The summed E-state index contributed by atoms with van der Waals surface area (Å²) in [7, 11) is 0. The Morgan fingerprint density at radius 2 is 2.30 bits per heavy atom. The van der Waals surface area contributed by atoms with Gasteiger partial charge in [0.1, 0.15) is 5.82 Å². The second-order valence-electron chi connectivity index (χ2n) is 5.60. The Morgan fingerprint density at radius 1 is 1.45 bits per heavy atom. The third-order valence-corrected chi connectivity index (χ3v) is 3.78. The van der Waals surface area contributed by atoms with Gasteiger partial charge in [-0.1, -0.05) is 12.1 Å². The van der Waals surface area contributed by atoms with Gasteiger partial charge in [-0.05, 0) is 31.9 Å². The quantitative estimate of drug-likeness (QED) is 0.891. The van der Waals surface area contributed by atoms with E-state index in [9.17, 15) is 4.79 Å². The van der Waals surface area contributed by atoms with E-state index in [-0.39, 0.29) is 11.1 Å². The van der Waals surface area contributed by atoms with Crippen LogP contribution in [-0.2, 0) is 11.3 Å². The number of benzene rings is 1. The molecule has 3 rings (SSSR count). The molecular formula is C15H19N3O2. The van der Waals surface area contributed by atoms with Crippen LogP contribution in [0.15, 0.2) is 29.1 Å². The predicted molar refractivity (Wildman–Crippen MR) is 77.7 cm³/mol. The third kappa shape index (κ3) is 2.73. The summed E-state index contributed by atoms with van der Waals surface area (Å²) in [6.07, 6.45) is 2.13. The lowest BCUT2D eigenvalue weighted by Crippen LogP contribution is -2.48. The molecule has 1 aliphatic heterocycles. The average molecular weight is 273 g/mol. The van der Waals surface area contributed by atoms with Gasteiger partial charge in [0.2, 0.25) is 0 Å². The molecule has 106 valence electrons. The molecule has 0 radical (unpaired) electrons. The second kappa shape index (κ2) is 5.34. The van der Waals surface area contributed by atoms with Crippen molar-refractivity contribution < 1.29 is 4.74 Å². The summed E-state index contributed by atoms with van der Waals surface area (Å²) in [6, 6.07) is 7.38. The number of rotatable bonds is 3. The van der Waals surface area contributed by atoms with Crippen molar-refractivity contribution in [2.24, 2.45) is 0 Å². The van der Waals surface area contributed by atoms with Crippen molar-refractivity contribution in [3.63, 3.8) is 0 Å². The fourth-order valence-electron chi connectivity index (χ4n) is 2.59. The van der Waals surface area contributed by atoms with Crippen molar-refractivity contribution in [3.05, 3.63) is 40.4 Å². The molecule has 1 unspecified atom stereocenters. The molecule has 2 aromatic rings. The molecule has 5 heteroatoms. The first-order valence-corrected chi connectivity index (χ1v) is 6.97. The summed E-state index contributed by atoms with van der Waals surface area (Å²) in [5, 5.41) is 4.08. The highest BCUT2D eigenvalue weighted by Gasteiger charge is 2.26. The van der Waals surface area contributed by atoms with Gasteiger partial charge in [0, 0.05) is 12.1 Å². The van der Waals surface area contributed by atoms with Crippen molar-refractivity contribution in [1.29, 1.82) is 0 Å². The minimum atomic E-state index is -0.0857. The average Bonchev–Trinajstić information content (AvgIpc) is 2.46. The van der Waals surface area contributed by atoms with Gasteiger partial charge in [-0.25, -0.2) is 4.98 Å². The van der Waals surface area contributed by atoms with Crippen LogP contribution in [-0.4, -0.2) is 28.7 Å². The minimum absolute atomic E-state index is 0.0392. The van der Waals surface area contributed by atoms with Gasteiger partial charge in [-0.3, -0.25) is 4.79 Å². The van der Waals surface area contributed by atoms with Gasteiger partial charge in [-0.15, -0.1) is 0 Å². The Labute approximate surface area is 117 Å². The zero-order chi connectivity index (χ0) is 14.0. The molecule has 1 aromatic carbocycles. The highest BCUT2D eigenvalue weighted by molar-refractivity contribution is 5.77. The zero-order valence-electron chi connectivity index (χ0n) is 11.6. The molecule has 1 aromatic heterocycles. The SMILES string of the molecule is CC1(NCc2nc3ccccc3c(=O)[nH]2)CCCOC1. The maximum Gasteiger partial charge on any atom is 0.258 e. The molecule has 20 heavy (non-hydrogen) atoms. The largest absolute Gasteiger partial charge is 0.380 e. The summed E-state index contributed by atoms with van der Waals surface area (Å²) < 4.78 is 5.51. The Hall–Kier alpha value is -1.72. The van der Waals surface area contributed by atoms with Crippen LogP contribution in [0.2, 0.25) is 0 Å². The van der Waals surface area contributed by atoms with E-state index in [4.69, 9.17) is 4.74 Å². The number of aromatic nitrogens is 2. The molecule has 1 aliphatic rings. The van der Waals surface area contributed by atoms with Crippen LogP contribution in [0.5, 0.6) is 0 Å². The fraction of sp³-hybridized carbons (Fsp3) is 0.467. The van der Waals surface area contributed by atoms with E-state index < -0.39 is 0 Å². The van der Waals surface area contributed by atoms with Crippen LogP contribution < -0.4 is 10.9 Å². The first-order valence-electron chi connectivity index (χ1n) is 6.97. The molecule has 5 nitrogen and oxygen atoms in total. The fourth-order valence-corrected chi connectivity index (χ4v) is 2.59. The number of para-hydroxylation sites is 1. The molecule has 2 heterocycles. The minimum Gasteiger partial charge on any atom is -0.380 e. The molecular weight excluding hydrogens is 254 g/mol. The van der Waals surface area contributed by atoms with E-state index >= 15 is 0 Å². The second-order valence-corrected chi connectivity index (χ2v) is 5.60. The van der Waals surface area contributed by atoms with Gasteiger partial charge in [-0.2, -0.15) is 0 Å². The summed E-state index contributed by atoms with van der Waals surface area (Å²) in [6.45, 7) is 4.22. The number of nitrogens with one attached hydrogen (secondary N) is 2. The van der Waals surface area contributed by atoms with E-state index in [1.54, 1.807) is 6.07 Å². The Bertz CT molecular complexity index is 659. The van der Waals surface area contributed by atoms with Crippen LogP contribution in [0.1, 0.15) is 25.6 Å². The lowest BCUT2D eigenvalue weighted by atomic mass is 9.95. The van der Waals surface area contributed by atoms with E-state index in [0.29, 0.717) is 24.4 Å². The van der Waals surface area contributed by atoms with Crippen LogP contribution in [0, 0.1) is 0 Å². The van der Waals surface area contributed by atoms with Crippen LogP contribution in [0.3, 0.4) is 0 Å². The maximum absolute atomic E-state index is 12.0. The maximum atomic E-state index is 12.0. The number of aromatic amines is 1. The number of H-pyrrole nitrogens is 1. The Balaban J connectivity index is 1.79. The summed E-state index contributed by atoms with van der Waals surface area (Å²) in [5.41, 5.74) is 0.609. The smallest absolute Gasteiger partial charge is 0.258 e. The van der Waals surface area contributed by atoms with Gasteiger partial charge >= 0.3 is 0 Å². The molecule has 0 amide bonds. The van der Waals surface area contributed by atoms with Crippen molar-refractivity contribution in [3.8, 4) is 0 Å². The van der Waals surface area contributed by atoms with Gasteiger partial charge in [0.05, 0.1) is 24.1 Å². The van der Waals surface area contributed by atoms with E-state index in [0.717, 1.165) is 25.0 Å².